The van der Waals surface area contributed by atoms with Crippen LogP contribution in [0.3, 0.4) is 0 Å². The molecule has 7 heterocycles. The molecular formula is C39H51F2N7O7S. The molecule has 2 saturated heterocycles. The second kappa shape index (κ2) is 15.7. The summed E-state index contributed by atoms with van der Waals surface area (Å²) < 4.78 is 73.2. The van der Waals surface area contributed by atoms with Crippen LogP contribution in [0.5, 0.6) is 11.8 Å². The second-order valence-corrected chi connectivity index (χ2v) is 17.8. The molecule has 3 aliphatic heterocycles. The fraction of sp³-hybridized carbons (Fsp3) is 0.564. The number of carboxylic acid groups (broad SMARTS) is 1. The Labute approximate surface area is 326 Å². The summed E-state index contributed by atoms with van der Waals surface area (Å²) in [5.41, 5.74) is 1.24. The molecule has 56 heavy (non-hydrogen) atoms. The molecule has 7 rings (SSSR count). The van der Waals surface area contributed by atoms with E-state index in [4.69, 9.17) is 24.2 Å². The van der Waals surface area contributed by atoms with E-state index in [1.165, 1.54) is 29.9 Å². The first-order valence-electron chi connectivity index (χ1n) is 19.1. The van der Waals surface area contributed by atoms with Crippen LogP contribution in [0, 0.1) is 26.2 Å². The highest BCUT2D eigenvalue weighted by Gasteiger charge is 2.47. The van der Waals surface area contributed by atoms with Crippen LogP contribution in [0.1, 0.15) is 97.8 Å². The summed E-state index contributed by atoms with van der Waals surface area (Å²) >= 11 is 0. The van der Waals surface area contributed by atoms with Gasteiger partial charge in [0.2, 0.25) is 17.6 Å². The lowest BCUT2D eigenvalue weighted by Crippen LogP contribution is -2.50. The summed E-state index contributed by atoms with van der Waals surface area (Å²) in [6.45, 7) is 12.8. The Morgan fingerprint density at radius 1 is 1.04 bits per heavy atom. The number of hydrogen-bond donors (Lipinski definition) is 3. The molecule has 0 aliphatic carbocycles. The van der Waals surface area contributed by atoms with E-state index in [0.29, 0.717) is 66.6 Å². The van der Waals surface area contributed by atoms with Gasteiger partial charge in [-0.2, -0.15) is 9.29 Å². The number of ether oxygens (including phenoxy) is 3. The van der Waals surface area contributed by atoms with Crippen molar-refractivity contribution in [1.82, 2.24) is 33.8 Å². The molecule has 1 unspecified atom stereocenters. The van der Waals surface area contributed by atoms with Crippen LogP contribution >= 0.6 is 10.8 Å². The third-order valence-corrected chi connectivity index (χ3v) is 13.4. The fourth-order valence-electron chi connectivity index (χ4n) is 8.06. The molecule has 0 radical (unpaired) electrons. The molecule has 14 nitrogen and oxygen atoms in total. The van der Waals surface area contributed by atoms with Gasteiger partial charge >= 0.3 is 5.97 Å². The van der Waals surface area contributed by atoms with Gasteiger partial charge in [-0.15, -0.1) is 21.0 Å². The predicted octanol–water partition coefficient (Wildman–Crippen LogP) is 6.96. The molecule has 4 aromatic heterocycles. The van der Waals surface area contributed by atoms with Gasteiger partial charge in [0, 0.05) is 42.8 Å². The molecule has 304 valence electrons. The van der Waals surface area contributed by atoms with Crippen molar-refractivity contribution in [3.05, 3.63) is 69.9 Å². The van der Waals surface area contributed by atoms with Crippen molar-refractivity contribution in [3.8, 4) is 11.8 Å². The van der Waals surface area contributed by atoms with Crippen molar-refractivity contribution < 1.29 is 42.0 Å². The number of aromatic nitrogens is 5. The number of halogens is 2. The smallest absolute Gasteiger partial charge is 0.310 e. The minimum Gasteiger partial charge on any atom is -0.481 e. The van der Waals surface area contributed by atoms with E-state index in [9.17, 15) is 27.8 Å². The summed E-state index contributed by atoms with van der Waals surface area (Å²) in [5, 5.41) is 18.2. The monoisotopic (exact) mass is 799 g/mol. The van der Waals surface area contributed by atoms with Crippen molar-refractivity contribution in [1.29, 1.82) is 0 Å². The summed E-state index contributed by atoms with van der Waals surface area (Å²) in [7, 11) is -3.72. The first kappa shape index (κ1) is 40.2. The summed E-state index contributed by atoms with van der Waals surface area (Å²) in [5.74, 6) is -1.95. The molecule has 1 atom stereocenters. The minimum atomic E-state index is -3.72. The van der Waals surface area contributed by atoms with Crippen LogP contribution in [0.2, 0.25) is 0 Å². The standard InChI is InChI=1S/C39H51F2N7O7S/c1-24-9-10-28(31(38(4,5)37(49)50)27-11-16-48-33(26(27)3)44-45-34(48)32(40)41)42-29(24)22-47-23-39(12-18-53-19-13-39)55-36-30(56(47,51)52)21-25(2)35(43-36)54-20-17-46-14-7-6-8-15-46/h9-11,16,21,31-32,51-52H,6-8,12-15,17-20,22-23H2,1-5H3,(H,49,50). The quantitative estimate of drug-likeness (QED) is 0.143. The van der Waals surface area contributed by atoms with Crippen molar-refractivity contribution in [2.75, 3.05) is 46.0 Å². The van der Waals surface area contributed by atoms with Crippen LogP contribution in [0.4, 0.5) is 8.78 Å². The molecule has 4 aromatic rings. The highest BCUT2D eigenvalue weighted by molar-refractivity contribution is 8.22. The van der Waals surface area contributed by atoms with Gasteiger partial charge < -0.3 is 19.3 Å². The van der Waals surface area contributed by atoms with Crippen molar-refractivity contribution in [2.24, 2.45) is 5.41 Å². The molecule has 0 saturated carbocycles. The number of aliphatic carboxylic acids is 1. The lowest BCUT2D eigenvalue weighted by molar-refractivity contribution is -0.147. The summed E-state index contributed by atoms with van der Waals surface area (Å²) in [4.78, 5) is 25.2. The van der Waals surface area contributed by atoms with Gasteiger partial charge in [-0.3, -0.25) is 28.2 Å². The number of rotatable bonds is 11. The molecule has 2 fully saturated rings. The number of likely N-dealkylation sites (tertiary alicyclic amines) is 1. The molecule has 17 heteroatoms. The van der Waals surface area contributed by atoms with Crippen LogP contribution in [-0.2, 0) is 16.1 Å². The fourth-order valence-corrected chi connectivity index (χ4v) is 9.71. The van der Waals surface area contributed by atoms with Crippen molar-refractivity contribution in [3.63, 3.8) is 0 Å². The topological polar surface area (TPSA) is 168 Å². The number of hydrogen-bond acceptors (Lipinski definition) is 12. The highest BCUT2D eigenvalue weighted by atomic mass is 32.3. The van der Waals surface area contributed by atoms with Crippen LogP contribution in [0.25, 0.3) is 5.65 Å². The maximum atomic E-state index is 13.7. The van der Waals surface area contributed by atoms with Crippen molar-refractivity contribution in [2.45, 2.75) is 96.1 Å². The maximum absolute atomic E-state index is 13.7. The zero-order valence-electron chi connectivity index (χ0n) is 32.5. The third kappa shape index (κ3) is 7.68. The van der Waals surface area contributed by atoms with Crippen LogP contribution in [0.15, 0.2) is 35.4 Å². The average Bonchev–Trinajstić information content (AvgIpc) is 3.58. The largest absolute Gasteiger partial charge is 0.481 e. The van der Waals surface area contributed by atoms with Gasteiger partial charge in [0.15, 0.2) is 5.65 Å². The number of piperidine rings is 1. The van der Waals surface area contributed by atoms with E-state index in [-0.39, 0.29) is 29.5 Å². The highest BCUT2D eigenvalue weighted by Crippen LogP contribution is 2.59. The first-order valence-corrected chi connectivity index (χ1v) is 20.6. The van der Waals surface area contributed by atoms with Gasteiger partial charge in [-0.05, 0) is 95.4 Å². The molecule has 0 bridgehead atoms. The molecule has 3 N–H and O–H groups in total. The maximum Gasteiger partial charge on any atom is 0.310 e. The van der Waals surface area contributed by atoms with E-state index in [1.54, 1.807) is 43.3 Å². The van der Waals surface area contributed by atoms with Gasteiger partial charge in [-0.1, -0.05) is 12.5 Å². The number of fused-ring (bicyclic) bond motifs is 2. The number of pyridine rings is 3. The van der Waals surface area contributed by atoms with Gasteiger partial charge in [0.05, 0.1) is 37.4 Å². The molecular weight excluding hydrogens is 749 g/mol. The van der Waals surface area contributed by atoms with E-state index < -0.39 is 45.9 Å². The van der Waals surface area contributed by atoms with E-state index in [0.717, 1.165) is 25.2 Å². The summed E-state index contributed by atoms with van der Waals surface area (Å²) in [6.07, 6.45) is 3.15. The zero-order chi connectivity index (χ0) is 40.0. The zero-order valence-corrected chi connectivity index (χ0v) is 33.3. The van der Waals surface area contributed by atoms with Gasteiger partial charge in [-0.25, -0.2) is 8.78 Å². The lowest BCUT2D eigenvalue weighted by Gasteiger charge is -2.44. The number of carbonyl (C=O) groups is 1. The third-order valence-electron chi connectivity index (χ3n) is 11.5. The Balaban J connectivity index is 1.25. The average molecular weight is 800 g/mol. The molecule has 0 amide bonds. The van der Waals surface area contributed by atoms with Crippen LogP contribution in [-0.4, -0.2) is 106 Å². The molecule has 0 aromatic carbocycles. The van der Waals surface area contributed by atoms with E-state index in [1.807, 2.05) is 19.9 Å². The van der Waals surface area contributed by atoms with E-state index >= 15 is 0 Å². The summed E-state index contributed by atoms with van der Waals surface area (Å²) in [6, 6.07) is 6.89. The predicted molar refractivity (Wildman–Crippen MR) is 205 cm³/mol. The Morgan fingerprint density at radius 2 is 1.77 bits per heavy atom. The number of aryl methyl sites for hydroxylation is 3. The van der Waals surface area contributed by atoms with Gasteiger partial charge in [0.1, 0.15) is 17.1 Å². The number of alkyl halides is 2. The van der Waals surface area contributed by atoms with Gasteiger partial charge in [0.25, 0.3) is 6.43 Å². The molecule has 1 spiro atoms. The number of carboxylic acids is 1. The lowest BCUT2D eigenvalue weighted by atomic mass is 9.72. The normalized spacial score (nSPS) is 20.0. The van der Waals surface area contributed by atoms with E-state index in [2.05, 4.69) is 15.1 Å². The Hall–Kier alpha value is -4.00. The Kier molecular flexibility index (Phi) is 11.3. The Bertz CT molecular complexity index is 2090. The Morgan fingerprint density at radius 3 is 2.46 bits per heavy atom. The van der Waals surface area contributed by atoms with Crippen molar-refractivity contribution >= 4 is 22.4 Å². The molecule has 3 aliphatic rings. The minimum absolute atomic E-state index is 0.0132. The second-order valence-electron chi connectivity index (χ2n) is 15.8. The number of nitrogens with zero attached hydrogens (tertiary/aromatic N) is 7. The first-order chi connectivity index (χ1) is 26.6. The SMILES string of the molecule is Cc1ccc(C(c2ccn3c(C(F)F)nnc3c2C)C(C)(C)C(=O)O)nc1CN1CC2(CCOCC2)Oc2nc(OCCN3CCCCC3)c(C)cc2S1(O)O. The van der Waals surface area contributed by atoms with Crippen LogP contribution < -0.4 is 9.47 Å².